The molecule has 2 nitrogen and oxygen atoms in total. The van der Waals surface area contributed by atoms with Gasteiger partial charge in [0.2, 0.25) is 0 Å². The minimum atomic E-state index is 0.938. The Morgan fingerprint density at radius 1 is 1.44 bits per heavy atom. The largest absolute Gasteiger partial charge is 0.292 e. The molecule has 0 bridgehead atoms. The summed E-state index contributed by atoms with van der Waals surface area (Å²) in [5.74, 6) is 0. The highest BCUT2D eigenvalue weighted by molar-refractivity contribution is 6.29. The first-order valence-corrected chi connectivity index (χ1v) is 2.89. The molecule has 50 valence electrons. The highest BCUT2D eigenvalue weighted by Crippen LogP contribution is 1.73. The van der Waals surface area contributed by atoms with Crippen molar-refractivity contribution in [2.45, 2.75) is 13.8 Å². The third-order valence-electron chi connectivity index (χ3n) is 0.849. The number of hydrogen-bond acceptors (Lipinski definition) is 2. The molecular weight excluding hydrogens is 112 g/mol. The van der Waals surface area contributed by atoms with Crippen LogP contribution in [0.25, 0.3) is 0 Å². The van der Waals surface area contributed by atoms with E-state index in [9.17, 15) is 0 Å². The zero-order valence-electron chi connectivity index (χ0n) is 6.13. The molecule has 2 heteroatoms. The summed E-state index contributed by atoms with van der Waals surface area (Å²) in [6, 6.07) is 0. The quantitative estimate of drug-likeness (QED) is 0.500. The first-order valence-electron chi connectivity index (χ1n) is 2.89. The third-order valence-corrected chi connectivity index (χ3v) is 0.849. The topological polar surface area (TPSA) is 24.7 Å². The Kier molecular flexibility index (Phi) is 4.69. The van der Waals surface area contributed by atoms with E-state index in [4.69, 9.17) is 0 Å². The van der Waals surface area contributed by atoms with Crippen LogP contribution in [0, 0.1) is 0 Å². The summed E-state index contributed by atoms with van der Waals surface area (Å²) < 4.78 is 0. The summed E-state index contributed by atoms with van der Waals surface area (Å²) in [5.41, 5.74) is 0.938. The van der Waals surface area contributed by atoms with Gasteiger partial charge in [0.1, 0.15) is 0 Å². The monoisotopic (exact) mass is 124 g/mol. The van der Waals surface area contributed by atoms with Crippen molar-refractivity contribution in [2.75, 3.05) is 7.05 Å². The van der Waals surface area contributed by atoms with Crippen LogP contribution >= 0.6 is 0 Å². The molecular formula is C7H12N2. The average Bonchev–Trinajstić information content (AvgIpc) is 1.89. The average molecular weight is 124 g/mol. The lowest BCUT2D eigenvalue weighted by Crippen LogP contribution is -1.89. The Morgan fingerprint density at radius 2 is 2.11 bits per heavy atom. The van der Waals surface area contributed by atoms with Crippen molar-refractivity contribution in [2.24, 2.45) is 9.98 Å². The predicted molar refractivity (Wildman–Crippen MR) is 42.3 cm³/mol. The normalized spacial score (nSPS) is 13.9. The standard InChI is InChI=1S/C7H12N2/c1-4-5-9-6-7(2)8-3/h4-6H,1-3H3. The molecule has 0 aliphatic heterocycles. The van der Waals surface area contributed by atoms with E-state index in [1.807, 2.05) is 19.9 Å². The fraction of sp³-hybridized carbons (Fsp3) is 0.429. The van der Waals surface area contributed by atoms with Gasteiger partial charge in [-0.1, -0.05) is 6.08 Å². The van der Waals surface area contributed by atoms with Crippen LogP contribution in [0.15, 0.2) is 22.3 Å². The van der Waals surface area contributed by atoms with Gasteiger partial charge in [0, 0.05) is 25.2 Å². The molecule has 0 spiro atoms. The van der Waals surface area contributed by atoms with Gasteiger partial charge in [-0.3, -0.25) is 9.98 Å². The number of rotatable bonds is 2. The first-order chi connectivity index (χ1) is 4.31. The number of nitrogens with zero attached hydrogens (tertiary/aromatic N) is 2. The lowest BCUT2D eigenvalue weighted by molar-refractivity contribution is 1.44. The van der Waals surface area contributed by atoms with Crippen LogP contribution in [-0.2, 0) is 0 Å². The molecule has 0 rings (SSSR count). The molecule has 0 aliphatic rings. The Bertz CT molecular complexity index is 143. The molecule has 0 fully saturated rings. The van der Waals surface area contributed by atoms with Gasteiger partial charge >= 0.3 is 0 Å². The Balaban J connectivity index is 3.71. The van der Waals surface area contributed by atoms with E-state index in [-0.39, 0.29) is 0 Å². The Hall–Kier alpha value is -0.920. The van der Waals surface area contributed by atoms with Gasteiger partial charge in [0.15, 0.2) is 0 Å². The van der Waals surface area contributed by atoms with E-state index in [0.29, 0.717) is 0 Å². The maximum atomic E-state index is 3.92. The van der Waals surface area contributed by atoms with Crippen molar-refractivity contribution >= 4 is 11.9 Å². The summed E-state index contributed by atoms with van der Waals surface area (Å²) in [6.07, 6.45) is 5.33. The van der Waals surface area contributed by atoms with Crippen LogP contribution in [0.5, 0.6) is 0 Å². The molecule has 9 heavy (non-hydrogen) atoms. The zero-order valence-corrected chi connectivity index (χ0v) is 6.13. The lowest BCUT2D eigenvalue weighted by atomic mass is 10.5. The molecule has 0 N–H and O–H groups in total. The Labute approximate surface area is 56.0 Å². The summed E-state index contributed by atoms with van der Waals surface area (Å²) in [6.45, 7) is 3.84. The second kappa shape index (κ2) is 5.22. The van der Waals surface area contributed by atoms with Gasteiger partial charge in [-0.25, -0.2) is 0 Å². The third kappa shape index (κ3) is 4.94. The Morgan fingerprint density at radius 3 is 2.56 bits per heavy atom. The van der Waals surface area contributed by atoms with Gasteiger partial charge < -0.3 is 0 Å². The van der Waals surface area contributed by atoms with Gasteiger partial charge in [0.25, 0.3) is 0 Å². The number of allylic oxidation sites excluding steroid dienone is 1. The van der Waals surface area contributed by atoms with Gasteiger partial charge in [0.05, 0.1) is 0 Å². The summed E-state index contributed by atoms with van der Waals surface area (Å²) in [4.78, 5) is 7.82. The van der Waals surface area contributed by atoms with E-state index >= 15 is 0 Å². The first kappa shape index (κ1) is 8.08. The number of aliphatic imine (C=N–C) groups is 2. The predicted octanol–water partition coefficient (Wildman–Crippen LogP) is 1.68. The second-order valence-corrected chi connectivity index (χ2v) is 1.63. The number of hydrogen-bond donors (Lipinski definition) is 0. The fourth-order valence-corrected chi connectivity index (χ4v) is 0.295. The molecule has 0 saturated heterocycles. The maximum Gasteiger partial charge on any atom is 0.0496 e. The minimum Gasteiger partial charge on any atom is -0.292 e. The van der Waals surface area contributed by atoms with E-state index in [0.717, 1.165) is 5.71 Å². The molecule has 0 radical (unpaired) electrons. The molecule has 0 amide bonds. The molecule has 0 saturated carbocycles. The van der Waals surface area contributed by atoms with E-state index in [1.54, 1.807) is 19.5 Å². The molecule has 0 unspecified atom stereocenters. The lowest BCUT2D eigenvalue weighted by Gasteiger charge is -1.81. The van der Waals surface area contributed by atoms with Crippen molar-refractivity contribution in [3.63, 3.8) is 0 Å². The molecule has 0 heterocycles. The second-order valence-electron chi connectivity index (χ2n) is 1.63. The molecule has 0 aromatic heterocycles. The van der Waals surface area contributed by atoms with Crippen LogP contribution in [0.3, 0.4) is 0 Å². The van der Waals surface area contributed by atoms with E-state index in [1.165, 1.54) is 0 Å². The summed E-state index contributed by atoms with van der Waals surface area (Å²) >= 11 is 0. The fourth-order valence-electron chi connectivity index (χ4n) is 0.295. The van der Waals surface area contributed by atoms with Crippen LogP contribution in [0.2, 0.25) is 0 Å². The van der Waals surface area contributed by atoms with Crippen LogP contribution < -0.4 is 0 Å². The molecule has 0 aromatic rings. The van der Waals surface area contributed by atoms with Crippen LogP contribution in [0.4, 0.5) is 0 Å². The van der Waals surface area contributed by atoms with Gasteiger partial charge in [-0.05, 0) is 13.8 Å². The van der Waals surface area contributed by atoms with E-state index < -0.39 is 0 Å². The van der Waals surface area contributed by atoms with Crippen molar-refractivity contribution in [3.8, 4) is 0 Å². The van der Waals surface area contributed by atoms with Crippen molar-refractivity contribution in [1.29, 1.82) is 0 Å². The summed E-state index contributed by atoms with van der Waals surface area (Å²) in [5, 5.41) is 0. The van der Waals surface area contributed by atoms with Crippen molar-refractivity contribution in [1.82, 2.24) is 0 Å². The molecule has 0 atom stereocenters. The highest BCUT2D eigenvalue weighted by Gasteiger charge is 1.74. The van der Waals surface area contributed by atoms with Crippen molar-refractivity contribution in [3.05, 3.63) is 12.3 Å². The maximum absolute atomic E-state index is 3.92. The zero-order chi connectivity index (χ0) is 7.11. The van der Waals surface area contributed by atoms with Crippen LogP contribution in [0.1, 0.15) is 13.8 Å². The smallest absolute Gasteiger partial charge is 0.0496 e. The van der Waals surface area contributed by atoms with Crippen LogP contribution in [-0.4, -0.2) is 19.0 Å². The van der Waals surface area contributed by atoms with Gasteiger partial charge in [-0.2, -0.15) is 0 Å². The van der Waals surface area contributed by atoms with E-state index in [2.05, 4.69) is 9.98 Å². The molecule has 0 aliphatic carbocycles. The minimum absolute atomic E-state index is 0.938. The van der Waals surface area contributed by atoms with Gasteiger partial charge in [-0.15, -0.1) is 0 Å². The molecule has 0 aromatic carbocycles. The van der Waals surface area contributed by atoms with Crippen molar-refractivity contribution < 1.29 is 0 Å². The summed E-state index contributed by atoms with van der Waals surface area (Å²) in [7, 11) is 1.75. The highest BCUT2D eigenvalue weighted by atomic mass is 14.7. The SMILES string of the molecule is CC=CN=CC(C)=NC.